The van der Waals surface area contributed by atoms with E-state index in [4.69, 9.17) is 123 Å². The topological polar surface area (TPSA) is 364 Å². The highest BCUT2D eigenvalue weighted by molar-refractivity contribution is 6.39. The highest BCUT2D eigenvalue weighted by atomic mass is 35.5. The molecule has 0 bridgehead atoms. The Balaban J connectivity index is 0.000000177. The number of carboxylic acids is 6. The molecule has 0 aromatic heterocycles. The molecule has 0 atom stereocenters. The van der Waals surface area contributed by atoms with Crippen LogP contribution in [0.2, 0.25) is 40.2 Å². The molecule has 28 heteroatoms. The van der Waals surface area contributed by atoms with E-state index in [1.54, 1.807) is 200 Å². The lowest BCUT2D eigenvalue weighted by molar-refractivity contribution is -0.256. The summed E-state index contributed by atoms with van der Waals surface area (Å²) in [5, 5.41) is 70.1. The van der Waals surface area contributed by atoms with Gasteiger partial charge in [0.15, 0.2) is 0 Å². The standard InChI is InChI=1S/2C22H17Cl2NO4.2C22H16Cl2O5/c23-18-9-10-19(29-12-14-6-2-3-7-15(14)21(25)26)20(24)17(18)11-13-5-1-4-8-16(13)22(27)28;23-18-9-10-19(29-12-13-5-7-14(8-6-13)21(25)26)20(24)17(18)11-15-3-1-2-4-16(15)22(27)28;23-18-9-10-19(29-12-14-6-2-4-8-16(14)22(27)28)20(24)17(18)11-13-5-1-3-7-15(13)21(25)26;23-18-8-9-19(29-12-13-4-3-6-15(10-13)21(25)26)20(24)17(18)11-14-5-1-2-7-16(14)22(27)28/h2*1-10H,11-12H2,(H2,25,26)(H,27,28);2*1-10H,11-12H2,(H,25,26)(H,27,28)/p-6. The Labute approximate surface area is 704 Å². The van der Waals surface area contributed by atoms with E-state index in [1.165, 1.54) is 42.5 Å². The second-order valence-corrected chi connectivity index (χ2v) is 28.1. The van der Waals surface area contributed by atoms with Gasteiger partial charge in [0.1, 0.15) is 49.4 Å². The Kier molecular flexibility index (Phi) is 31.7. The fraction of sp³-hybridized carbons (Fsp3) is 0.0909. The highest BCUT2D eigenvalue weighted by Crippen LogP contribution is 2.41. The molecule has 0 aliphatic rings. The summed E-state index contributed by atoms with van der Waals surface area (Å²) < 4.78 is 23.0. The minimum atomic E-state index is -1.30. The monoisotopic (exact) mass is 1710 g/mol. The number of carbonyl (C=O) groups excluding carboxylic acids is 8. The molecule has 2 amide bonds. The quantitative estimate of drug-likeness (QED) is 0.0460. The van der Waals surface area contributed by atoms with Crippen molar-refractivity contribution in [1.29, 1.82) is 0 Å². The molecule has 20 nitrogen and oxygen atoms in total. The third kappa shape index (κ3) is 23.6. The van der Waals surface area contributed by atoms with Crippen molar-refractivity contribution >= 4 is 140 Å². The molecule has 0 saturated carbocycles. The van der Waals surface area contributed by atoms with Gasteiger partial charge in [0.05, 0.1) is 55.9 Å². The summed E-state index contributed by atoms with van der Waals surface area (Å²) in [7, 11) is 0. The zero-order valence-electron chi connectivity index (χ0n) is 60.3. The Hall–Kier alpha value is -12.1. The predicted octanol–water partition coefficient (Wildman–Crippen LogP) is 13.0. The lowest BCUT2D eigenvalue weighted by atomic mass is 9.99. The van der Waals surface area contributed by atoms with Gasteiger partial charge in [-0.1, -0.05) is 263 Å². The summed E-state index contributed by atoms with van der Waals surface area (Å²) in [6.45, 7) is 0.336. The number of primary amides is 2. The number of hydrogen-bond acceptors (Lipinski definition) is 18. The molecule has 0 unspecified atom stereocenters. The van der Waals surface area contributed by atoms with Crippen LogP contribution in [0.15, 0.2) is 243 Å². The van der Waals surface area contributed by atoms with Crippen molar-refractivity contribution in [2.75, 3.05) is 0 Å². The summed E-state index contributed by atoms with van der Waals surface area (Å²) in [5.41, 5.74) is 18.4. The van der Waals surface area contributed by atoms with Gasteiger partial charge in [0.25, 0.3) is 0 Å². The molecule has 12 aromatic rings. The molecule has 0 fully saturated rings. The van der Waals surface area contributed by atoms with Crippen LogP contribution in [-0.4, -0.2) is 47.6 Å². The van der Waals surface area contributed by atoms with Crippen LogP contribution in [-0.2, 0) is 52.1 Å². The number of ether oxygens (including phenoxy) is 4. The second kappa shape index (κ2) is 41.8. The third-order valence-electron chi connectivity index (χ3n) is 17.5. The molecule has 0 radical (unpaired) electrons. The molecular weight excluding hydrogens is 1660 g/mol. The predicted molar refractivity (Wildman–Crippen MR) is 429 cm³/mol. The van der Waals surface area contributed by atoms with Crippen LogP contribution in [0.4, 0.5) is 0 Å². The van der Waals surface area contributed by atoms with Gasteiger partial charge in [-0.2, -0.15) is 0 Å². The van der Waals surface area contributed by atoms with Gasteiger partial charge >= 0.3 is 0 Å². The molecule has 0 aliphatic carbocycles. The summed E-state index contributed by atoms with van der Waals surface area (Å²) >= 11 is 51.1. The highest BCUT2D eigenvalue weighted by Gasteiger charge is 2.21. The maximum atomic E-state index is 11.6. The van der Waals surface area contributed by atoms with Crippen LogP contribution < -0.4 is 61.1 Å². The first-order valence-electron chi connectivity index (χ1n) is 34.4. The number of halogens is 8. The molecule has 12 rings (SSSR count). The third-order valence-corrected chi connectivity index (χ3v) is 20.6. The van der Waals surface area contributed by atoms with Crippen molar-refractivity contribution in [3.05, 3.63) is 394 Å². The maximum Gasteiger partial charge on any atom is 0.249 e. The van der Waals surface area contributed by atoms with Crippen LogP contribution in [0.3, 0.4) is 0 Å². The van der Waals surface area contributed by atoms with Gasteiger partial charge in [-0.25, -0.2) is 0 Å². The number of nitrogens with two attached hydrogens (primary N) is 2. The normalized spacial score (nSPS) is 10.6. The van der Waals surface area contributed by atoms with Gasteiger partial charge < -0.3 is 89.8 Å². The van der Waals surface area contributed by atoms with Crippen molar-refractivity contribution in [1.82, 2.24) is 0 Å². The van der Waals surface area contributed by atoms with Crippen molar-refractivity contribution in [2.24, 2.45) is 11.5 Å². The molecule has 4 N–H and O–H groups in total. The number of hydrogen-bond donors (Lipinski definition) is 2. The number of rotatable bonds is 28. The van der Waals surface area contributed by atoms with Crippen LogP contribution in [0.5, 0.6) is 23.0 Å². The van der Waals surface area contributed by atoms with Gasteiger partial charge in [0.2, 0.25) is 11.8 Å². The molecule has 592 valence electrons. The van der Waals surface area contributed by atoms with Crippen molar-refractivity contribution in [3.8, 4) is 23.0 Å². The van der Waals surface area contributed by atoms with E-state index in [0.29, 0.717) is 120 Å². The first-order valence-corrected chi connectivity index (χ1v) is 37.4. The van der Waals surface area contributed by atoms with Crippen molar-refractivity contribution in [2.45, 2.75) is 52.1 Å². The molecule has 116 heavy (non-hydrogen) atoms. The van der Waals surface area contributed by atoms with Crippen LogP contribution in [0.25, 0.3) is 0 Å². The lowest BCUT2D eigenvalue weighted by Crippen LogP contribution is -2.24. The molecule has 0 spiro atoms. The molecule has 0 heterocycles. The van der Waals surface area contributed by atoms with Crippen LogP contribution >= 0.6 is 92.8 Å². The van der Waals surface area contributed by atoms with E-state index >= 15 is 0 Å². The summed E-state index contributed by atoms with van der Waals surface area (Å²) in [6.07, 6.45) is 0.747. The second-order valence-electron chi connectivity index (χ2n) is 25.0. The first kappa shape index (κ1) is 87.9. The van der Waals surface area contributed by atoms with E-state index in [1.807, 2.05) is 0 Å². The van der Waals surface area contributed by atoms with Crippen LogP contribution in [0, 0.1) is 0 Å². The minimum absolute atomic E-state index is 0.0284. The average molecular weight is 1720 g/mol. The van der Waals surface area contributed by atoms with E-state index in [9.17, 15) is 69.0 Å². The fourth-order valence-corrected chi connectivity index (χ4v) is 13.8. The smallest absolute Gasteiger partial charge is 0.249 e. The molecule has 0 aliphatic heterocycles. The number of aromatic carboxylic acids is 6. The van der Waals surface area contributed by atoms with Crippen LogP contribution in [0.1, 0.15) is 150 Å². The zero-order chi connectivity index (χ0) is 83.9. The minimum Gasteiger partial charge on any atom is -0.545 e. The van der Waals surface area contributed by atoms with E-state index in [-0.39, 0.29) is 101 Å². The maximum absolute atomic E-state index is 11.6. The van der Waals surface area contributed by atoms with Crippen molar-refractivity contribution < 1.29 is 87.9 Å². The van der Waals surface area contributed by atoms with E-state index < -0.39 is 47.6 Å². The SMILES string of the molecule is NC(=O)c1ccc(COc2ccc(Cl)c(Cc3ccccc3C(=O)[O-])c2Cl)cc1.NC(=O)c1ccccc1COc1ccc(Cl)c(Cc2ccccc2C(=O)[O-])c1Cl.O=C([O-])c1cccc(COc2ccc(Cl)c(Cc3ccccc3C(=O)[O-])c2Cl)c1.O=C([O-])c1ccccc1COc1ccc(Cl)c(Cc2ccccc2C(=O)[O-])c1Cl. The van der Waals surface area contributed by atoms with Gasteiger partial charge in [-0.15, -0.1) is 0 Å². The number of carbonyl (C=O) groups is 8. The molecular formula is C88H60Cl8N2O18-6. The average Bonchev–Trinajstić information content (AvgIpc) is 0.822. The Morgan fingerprint density at radius 2 is 0.517 bits per heavy atom. The fourth-order valence-electron chi connectivity index (χ4n) is 11.6. The first-order chi connectivity index (χ1) is 55.5. The number of amides is 2. The van der Waals surface area contributed by atoms with Gasteiger partial charge in [-0.3, -0.25) is 9.59 Å². The molecule has 0 saturated heterocycles. The van der Waals surface area contributed by atoms with E-state index in [2.05, 4.69) is 0 Å². The lowest BCUT2D eigenvalue weighted by Gasteiger charge is -2.16. The number of carboxylic acid groups (broad SMARTS) is 6. The summed E-state index contributed by atoms with van der Waals surface area (Å²) in [4.78, 5) is 90.3. The largest absolute Gasteiger partial charge is 0.545 e. The summed E-state index contributed by atoms with van der Waals surface area (Å²) in [6, 6.07) is 64.9. The van der Waals surface area contributed by atoms with E-state index in [0.717, 1.165) is 5.56 Å². The Bertz CT molecular complexity index is 5510. The zero-order valence-corrected chi connectivity index (χ0v) is 66.3. The van der Waals surface area contributed by atoms with Gasteiger partial charge in [-0.05, 0) is 140 Å². The van der Waals surface area contributed by atoms with Gasteiger partial charge in [0, 0.05) is 90.3 Å². The van der Waals surface area contributed by atoms with Crippen molar-refractivity contribution in [3.63, 3.8) is 0 Å². The number of benzene rings is 12. The Morgan fingerprint density at radius 1 is 0.250 bits per heavy atom. The summed E-state index contributed by atoms with van der Waals surface area (Å²) in [5.74, 6) is -7.33. The molecule has 12 aromatic carbocycles. The Morgan fingerprint density at radius 3 is 0.810 bits per heavy atom.